The number of fused-ring (bicyclic) bond motifs is 1. The van der Waals surface area contributed by atoms with Gasteiger partial charge in [-0.1, -0.05) is 23.4 Å². The molecule has 8 nitrogen and oxygen atoms in total. The number of carbonyl (C=O) groups is 1. The predicted molar refractivity (Wildman–Crippen MR) is 110 cm³/mol. The molecule has 0 aliphatic heterocycles. The van der Waals surface area contributed by atoms with E-state index in [-0.39, 0.29) is 13.0 Å². The van der Waals surface area contributed by atoms with Crippen LogP contribution in [0.5, 0.6) is 0 Å². The largest absolute Gasteiger partial charge is 0.382 e. The number of benzene rings is 2. The molecular weight excluding hydrogens is 387 g/mol. The van der Waals surface area contributed by atoms with Crippen LogP contribution >= 0.6 is 0 Å². The summed E-state index contributed by atoms with van der Waals surface area (Å²) in [5.74, 6) is -1.13. The Morgan fingerprint density at radius 3 is 2.67 bits per heavy atom. The number of amides is 1. The molecule has 0 saturated heterocycles. The van der Waals surface area contributed by atoms with Crippen molar-refractivity contribution in [3.8, 4) is 17.2 Å². The number of aliphatic hydroxyl groups excluding tert-OH is 1. The number of nitrogens with zero attached hydrogens (tertiary/aromatic N) is 5. The Bertz CT molecular complexity index is 1100. The van der Waals surface area contributed by atoms with Crippen LogP contribution in [0.3, 0.4) is 0 Å². The minimum absolute atomic E-state index is 0.00623. The van der Waals surface area contributed by atoms with Crippen molar-refractivity contribution >= 4 is 16.9 Å². The van der Waals surface area contributed by atoms with Crippen molar-refractivity contribution < 1.29 is 14.3 Å². The first-order valence-electron chi connectivity index (χ1n) is 9.39. The third-order valence-corrected chi connectivity index (χ3v) is 4.73. The number of carbonyl (C=O) groups excluding carboxylic acids is 1. The summed E-state index contributed by atoms with van der Waals surface area (Å²) in [5.41, 5.74) is 3.38. The van der Waals surface area contributed by atoms with Gasteiger partial charge in [-0.2, -0.15) is 5.26 Å². The van der Waals surface area contributed by atoms with E-state index < -0.39 is 23.9 Å². The Balaban J connectivity index is 1.74. The van der Waals surface area contributed by atoms with Crippen molar-refractivity contribution in [1.82, 2.24) is 25.2 Å². The molecule has 156 valence electrons. The molecule has 2 N–H and O–H groups in total. The fourth-order valence-electron chi connectivity index (χ4n) is 3.15. The molecule has 0 spiro atoms. The molecule has 1 heterocycles. The second kappa shape index (κ2) is 8.98. The summed E-state index contributed by atoms with van der Waals surface area (Å²) in [7, 11) is 5.23. The van der Waals surface area contributed by atoms with Crippen LogP contribution in [0.15, 0.2) is 36.4 Å². The number of aliphatic hydroxyl groups is 1. The van der Waals surface area contributed by atoms with E-state index in [9.17, 15) is 19.6 Å². The van der Waals surface area contributed by atoms with Crippen LogP contribution in [-0.4, -0.2) is 63.7 Å². The van der Waals surface area contributed by atoms with Crippen molar-refractivity contribution in [2.24, 2.45) is 7.05 Å². The first-order chi connectivity index (χ1) is 14.3. The van der Waals surface area contributed by atoms with Gasteiger partial charge in [-0.3, -0.25) is 4.79 Å². The van der Waals surface area contributed by atoms with E-state index in [2.05, 4.69) is 15.6 Å². The van der Waals surface area contributed by atoms with E-state index in [1.54, 1.807) is 42.9 Å². The lowest BCUT2D eigenvalue weighted by Gasteiger charge is -2.18. The van der Waals surface area contributed by atoms with Crippen LogP contribution in [0.1, 0.15) is 5.56 Å². The van der Waals surface area contributed by atoms with Crippen LogP contribution in [0.2, 0.25) is 0 Å². The topological polar surface area (TPSA) is 107 Å². The molecule has 1 amide bonds. The fourth-order valence-corrected chi connectivity index (χ4v) is 3.15. The monoisotopic (exact) mass is 410 g/mol. The van der Waals surface area contributed by atoms with Gasteiger partial charge in [0.25, 0.3) is 5.91 Å². The maximum Gasteiger partial charge on any atom is 0.251 e. The highest BCUT2D eigenvalue weighted by atomic mass is 19.1. The lowest BCUT2D eigenvalue weighted by Crippen LogP contribution is -2.45. The van der Waals surface area contributed by atoms with Crippen LogP contribution < -0.4 is 5.32 Å². The first kappa shape index (κ1) is 21.4. The molecule has 0 radical (unpaired) electrons. The van der Waals surface area contributed by atoms with Crippen molar-refractivity contribution in [2.45, 2.75) is 18.6 Å². The minimum Gasteiger partial charge on any atom is -0.382 e. The van der Waals surface area contributed by atoms with E-state index in [1.807, 2.05) is 24.3 Å². The second-order valence-corrected chi connectivity index (χ2v) is 7.40. The zero-order chi connectivity index (χ0) is 21.8. The van der Waals surface area contributed by atoms with Crippen LogP contribution in [0.25, 0.3) is 22.2 Å². The summed E-state index contributed by atoms with van der Waals surface area (Å²) in [6, 6.07) is 11.3. The molecule has 2 aromatic carbocycles. The molecule has 9 heteroatoms. The van der Waals surface area contributed by atoms with Gasteiger partial charge in [0.05, 0.1) is 11.6 Å². The lowest BCUT2D eigenvalue weighted by molar-refractivity contribution is -0.130. The Labute approximate surface area is 173 Å². The Morgan fingerprint density at radius 1 is 1.30 bits per heavy atom. The van der Waals surface area contributed by atoms with Gasteiger partial charge in [-0.25, -0.2) is 9.07 Å². The number of aryl methyl sites for hydroxylation is 1. The van der Waals surface area contributed by atoms with Crippen LogP contribution in [0.4, 0.5) is 4.39 Å². The first-order valence-corrected chi connectivity index (χ1v) is 9.39. The van der Waals surface area contributed by atoms with E-state index in [4.69, 9.17) is 0 Å². The molecule has 2 atom stereocenters. The highest BCUT2D eigenvalue weighted by molar-refractivity contribution is 5.82. The van der Waals surface area contributed by atoms with E-state index in [0.29, 0.717) is 11.1 Å². The SMILES string of the molecule is CN(C)C[C@H](O)C(=O)N[C@H](C#N)Cc1ccc(-c2ccc3nnn(C)c3c2)cc1F. The number of likely N-dealkylation sites (N-methyl/N-ethyl adjacent to an activating group) is 1. The molecule has 1 aromatic heterocycles. The van der Waals surface area contributed by atoms with Gasteiger partial charge in [-0.05, 0) is 49.0 Å². The van der Waals surface area contributed by atoms with E-state index >= 15 is 0 Å². The standard InChI is InChI=1S/C21H23FN6O2/c1-27(2)12-20(29)21(30)24-16(11-23)8-15-5-4-13(9-17(15)22)14-6-7-18-19(10-14)28(3)26-25-18/h4-7,9-10,16,20,29H,8,12H2,1-3H3,(H,24,30)/t16-,20-/m0/s1. The molecule has 0 unspecified atom stereocenters. The maximum absolute atomic E-state index is 14.7. The minimum atomic E-state index is -1.26. The number of nitriles is 1. The van der Waals surface area contributed by atoms with Gasteiger partial charge >= 0.3 is 0 Å². The summed E-state index contributed by atoms with van der Waals surface area (Å²) < 4.78 is 16.4. The third kappa shape index (κ3) is 4.79. The van der Waals surface area contributed by atoms with Gasteiger partial charge in [0.15, 0.2) is 0 Å². The summed E-state index contributed by atoms with van der Waals surface area (Å²) in [6.07, 6.45) is -1.27. The number of halogens is 1. The number of nitrogens with one attached hydrogen (secondary N) is 1. The summed E-state index contributed by atoms with van der Waals surface area (Å²) in [5, 5.41) is 29.6. The molecule has 30 heavy (non-hydrogen) atoms. The Hall–Kier alpha value is -3.35. The van der Waals surface area contributed by atoms with Gasteiger partial charge in [-0.15, -0.1) is 5.10 Å². The zero-order valence-electron chi connectivity index (χ0n) is 17.0. The molecule has 0 fully saturated rings. The highest BCUT2D eigenvalue weighted by Crippen LogP contribution is 2.25. The van der Waals surface area contributed by atoms with Gasteiger partial charge in [0.1, 0.15) is 23.5 Å². The Morgan fingerprint density at radius 2 is 2.00 bits per heavy atom. The summed E-state index contributed by atoms with van der Waals surface area (Å²) in [4.78, 5) is 13.7. The van der Waals surface area contributed by atoms with E-state index in [1.165, 1.54) is 6.07 Å². The number of hydrogen-bond donors (Lipinski definition) is 2. The smallest absolute Gasteiger partial charge is 0.251 e. The maximum atomic E-state index is 14.7. The highest BCUT2D eigenvalue weighted by Gasteiger charge is 2.21. The molecule has 3 aromatic rings. The Kier molecular flexibility index (Phi) is 6.40. The number of aromatic nitrogens is 3. The van der Waals surface area contributed by atoms with Crippen LogP contribution in [-0.2, 0) is 18.3 Å². The fraction of sp³-hybridized carbons (Fsp3) is 0.333. The lowest BCUT2D eigenvalue weighted by atomic mass is 9.99. The molecule has 0 saturated carbocycles. The quantitative estimate of drug-likeness (QED) is 0.607. The molecule has 0 bridgehead atoms. The number of hydrogen-bond acceptors (Lipinski definition) is 6. The van der Waals surface area contributed by atoms with Crippen molar-refractivity contribution in [3.63, 3.8) is 0 Å². The average molecular weight is 410 g/mol. The zero-order valence-corrected chi connectivity index (χ0v) is 17.0. The van der Waals surface area contributed by atoms with Crippen molar-refractivity contribution in [2.75, 3.05) is 20.6 Å². The third-order valence-electron chi connectivity index (χ3n) is 4.73. The van der Waals surface area contributed by atoms with Gasteiger partial charge in [0.2, 0.25) is 0 Å². The normalized spacial score (nSPS) is 13.2. The molecule has 0 aliphatic carbocycles. The van der Waals surface area contributed by atoms with Gasteiger partial charge < -0.3 is 15.3 Å². The molecular formula is C21H23FN6O2. The van der Waals surface area contributed by atoms with Gasteiger partial charge in [0, 0.05) is 20.0 Å². The van der Waals surface area contributed by atoms with Crippen LogP contribution in [0, 0.1) is 17.1 Å². The summed E-state index contributed by atoms with van der Waals surface area (Å²) >= 11 is 0. The molecule has 0 aliphatic rings. The number of rotatable bonds is 7. The van der Waals surface area contributed by atoms with Crippen molar-refractivity contribution in [3.05, 3.63) is 47.8 Å². The molecule has 3 rings (SSSR count). The average Bonchev–Trinajstić information content (AvgIpc) is 3.08. The summed E-state index contributed by atoms with van der Waals surface area (Å²) in [6.45, 7) is 0.129. The second-order valence-electron chi connectivity index (χ2n) is 7.40. The van der Waals surface area contributed by atoms with E-state index in [0.717, 1.165) is 16.6 Å². The predicted octanol–water partition coefficient (Wildman–Crippen LogP) is 1.25. The van der Waals surface area contributed by atoms with Crippen molar-refractivity contribution in [1.29, 1.82) is 5.26 Å².